The number of carbonyl (C=O) groups excluding carboxylic acids is 1. The number of rotatable bonds is 4. The third kappa shape index (κ3) is 3.51. The minimum atomic E-state index is -0.570. The number of ether oxygens (including phenoxy) is 4. The summed E-state index contributed by atoms with van der Waals surface area (Å²) in [6.07, 6.45) is 2.98. The first-order chi connectivity index (χ1) is 12.8. The van der Waals surface area contributed by atoms with Gasteiger partial charge in [0.15, 0.2) is 23.0 Å². The first-order valence-corrected chi connectivity index (χ1v) is 7.69. The van der Waals surface area contributed by atoms with E-state index in [0.29, 0.717) is 23.0 Å². The molecule has 0 saturated carbocycles. The summed E-state index contributed by atoms with van der Waals surface area (Å²) >= 11 is 0. The van der Waals surface area contributed by atoms with Crippen LogP contribution in [0.25, 0.3) is 0 Å². The van der Waals surface area contributed by atoms with E-state index in [0.717, 1.165) is 11.1 Å². The molecule has 2 aliphatic rings. The first-order valence-electron chi connectivity index (χ1n) is 7.69. The van der Waals surface area contributed by atoms with Crippen molar-refractivity contribution in [2.24, 2.45) is 10.2 Å². The van der Waals surface area contributed by atoms with Crippen molar-refractivity contribution in [3.05, 3.63) is 47.5 Å². The van der Waals surface area contributed by atoms with Crippen LogP contribution in [-0.4, -0.2) is 32.0 Å². The maximum atomic E-state index is 11.7. The van der Waals surface area contributed by atoms with Gasteiger partial charge in [-0.05, 0) is 47.5 Å². The van der Waals surface area contributed by atoms with Crippen LogP contribution in [0.2, 0.25) is 0 Å². The average molecular weight is 354 g/mol. The monoisotopic (exact) mass is 354 g/mol. The van der Waals surface area contributed by atoms with Gasteiger partial charge in [-0.25, -0.2) is 15.6 Å². The van der Waals surface area contributed by atoms with E-state index >= 15 is 0 Å². The molecule has 4 rings (SSSR count). The van der Waals surface area contributed by atoms with Crippen molar-refractivity contribution in [1.82, 2.24) is 10.9 Å². The fourth-order valence-corrected chi connectivity index (χ4v) is 2.34. The average Bonchev–Trinajstić information content (AvgIpc) is 3.29. The number of benzene rings is 2. The van der Waals surface area contributed by atoms with E-state index in [9.17, 15) is 4.79 Å². The highest BCUT2D eigenvalue weighted by atomic mass is 16.7. The first kappa shape index (κ1) is 15.8. The summed E-state index contributed by atoms with van der Waals surface area (Å²) in [7, 11) is 0. The van der Waals surface area contributed by atoms with Crippen LogP contribution in [0.1, 0.15) is 11.1 Å². The van der Waals surface area contributed by atoms with E-state index in [1.807, 2.05) is 0 Å². The number of fused-ring (bicyclic) bond motifs is 2. The van der Waals surface area contributed by atoms with Crippen molar-refractivity contribution in [3.63, 3.8) is 0 Å². The minimum absolute atomic E-state index is 0.206. The third-order valence-electron chi connectivity index (χ3n) is 3.55. The molecule has 2 aromatic carbocycles. The second-order valence-corrected chi connectivity index (χ2v) is 5.29. The van der Waals surface area contributed by atoms with Gasteiger partial charge in [0.25, 0.3) is 0 Å². The molecule has 9 heteroatoms. The smallest absolute Gasteiger partial charge is 0.355 e. The van der Waals surface area contributed by atoms with E-state index in [-0.39, 0.29) is 13.6 Å². The van der Waals surface area contributed by atoms with Crippen LogP contribution in [-0.2, 0) is 0 Å². The number of hydrazone groups is 2. The van der Waals surface area contributed by atoms with Crippen LogP contribution in [0.15, 0.2) is 46.6 Å². The molecule has 2 amide bonds. The van der Waals surface area contributed by atoms with Gasteiger partial charge in [-0.2, -0.15) is 10.2 Å². The van der Waals surface area contributed by atoms with Crippen molar-refractivity contribution in [2.45, 2.75) is 0 Å². The van der Waals surface area contributed by atoms with Crippen LogP contribution >= 0.6 is 0 Å². The Labute approximate surface area is 148 Å². The molecule has 2 N–H and O–H groups in total. The molecule has 0 fully saturated rings. The van der Waals surface area contributed by atoms with Crippen molar-refractivity contribution in [2.75, 3.05) is 13.6 Å². The van der Waals surface area contributed by atoms with Crippen molar-refractivity contribution in [3.8, 4) is 23.0 Å². The zero-order valence-electron chi connectivity index (χ0n) is 13.5. The molecule has 0 spiro atoms. The Hall–Kier alpha value is -3.75. The molecule has 26 heavy (non-hydrogen) atoms. The summed E-state index contributed by atoms with van der Waals surface area (Å²) in [5, 5.41) is 7.69. The second-order valence-electron chi connectivity index (χ2n) is 5.29. The second kappa shape index (κ2) is 7.01. The number of amides is 2. The van der Waals surface area contributed by atoms with E-state index in [4.69, 9.17) is 18.9 Å². The molecule has 0 unspecified atom stereocenters. The van der Waals surface area contributed by atoms with Gasteiger partial charge in [-0.1, -0.05) is 0 Å². The zero-order valence-corrected chi connectivity index (χ0v) is 13.5. The van der Waals surface area contributed by atoms with Crippen molar-refractivity contribution in [1.29, 1.82) is 0 Å². The molecule has 2 aliphatic heterocycles. The zero-order chi connectivity index (χ0) is 17.8. The minimum Gasteiger partial charge on any atom is -0.454 e. The Kier molecular flexibility index (Phi) is 4.25. The molecule has 9 nitrogen and oxygen atoms in total. The molecule has 0 aromatic heterocycles. The van der Waals surface area contributed by atoms with Crippen LogP contribution in [0.3, 0.4) is 0 Å². The van der Waals surface area contributed by atoms with Gasteiger partial charge in [0.05, 0.1) is 12.4 Å². The molecule has 2 heterocycles. The SMILES string of the molecule is O=C(NN=Cc1ccc2c(c1)OCO2)N/N=C\c1ccc2c(c1)OCO2. The highest BCUT2D eigenvalue weighted by Crippen LogP contribution is 2.32. The summed E-state index contributed by atoms with van der Waals surface area (Å²) in [4.78, 5) is 11.7. The largest absolute Gasteiger partial charge is 0.454 e. The predicted octanol–water partition coefficient (Wildman–Crippen LogP) is 1.81. The fourth-order valence-electron chi connectivity index (χ4n) is 2.34. The topological polar surface area (TPSA) is 103 Å². The van der Waals surface area contributed by atoms with E-state index in [2.05, 4.69) is 21.1 Å². The summed E-state index contributed by atoms with van der Waals surface area (Å²) in [5.74, 6) is 2.66. The van der Waals surface area contributed by atoms with Gasteiger partial charge >= 0.3 is 6.03 Å². The number of urea groups is 1. The lowest BCUT2D eigenvalue weighted by Gasteiger charge is -2.00. The lowest BCUT2D eigenvalue weighted by molar-refractivity contribution is 0.173. The number of carbonyl (C=O) groups is 1. The van der Waals surface area contributed by atoms with Gasteiger partial charge in [-0.15, -0.1) is 0 Å². The van der Waals surface area contributed by atoms with Crippen LogP contribution in [0.4, 0.5) is 4.79 Å². The Morgan fingerprint density at radius 3 is 1.73 bits per heavy atom. The number of hydrogen-bond donors (Lipinski definition) is 2. The van der Waals surface area contributed by atoms with Crippen LogP contribution < -0.4 is 29.8 Å². The van der Waals surface area contributed by atoms with Gasteiger partial charge < -0.3 is 18.9 Å². The molecule has 0 aliphatic carbocycles. The third-order valence-corrected chi connectivity index (χ3v) is 3.55. The maximum absolute atomic E-state index is 11.7. The highest BCUT2D eigenvalue weighted by Gasteiger charge is 2.13. The predicted molar refractivity (Wildman–Crippen MR) is 92.0 cm³/mol. The van der Waals surface area contributed by atoms with Crippen LogP contribution in [0.5, 0.6) is 23.0 Å². The molecule has 2 aromatic rings. The quantitative estimate of drug-likeness (QED) is 0.644. The summed E-state index contributed by atoms with van der Waals surface area (Å²) in [5.41, 5.74) is 6.16. The molecule has 0 radical (unpaired) electrons. The Bertz CT molecular complexity index is 825. The molecule has 132 valence electrons. The number of nitrogens with one attached hydrogen (secondary N) is 2. The van der Waals surface area contributed by atoms with Gasteiger partial charge in [-0.3, -0.25) is 0 Å². The molecule has 0 bridgehead atoms. The van der Waals surface area contributed by atoms with Crippen molar-refractivity contribution >= 4 is 18.5 Å². The fraction of sp³-hybridized carbons (Fsp3) is 0.118. The number of hydrogen-bond acceptors (Lipinski definition) is 7. The molecular formula is C17H14N4O5. The van der Waals surface area contributed by atoms with Gasteiger partial charge in [0.2, 0.25) is 13.6 Å². The van der Waals surface area contributed by atoms with Gasteiger partial charge in [0.1, 0.15) is 0 Å². The van der Waals surface area contributed by atoms with E-state index < -0.39 is 6.03 Å². The summed E-state index contributed by atoms with van der Waals surface area (Å²) in [6, 6.07) is 10.1. The normalized spacial score (nSPS) is 14.2. The van der Waals surface area contributed by atoms with Gasteiger partial charge in [0, 0.05) is 0 Å². The lowest BCUT2D eigenvalue weighted by atomic mass is 10.2. The Morgan fingerprint density at radius 1 is 0.769 bits per heavy atom. The lowest BCUT2D eigenvalue weighted by Crippen LogP contribution is -2.28. The Balaban J connectivity index is 1.27. The highest BCUT2D eigenvalue weighted by molar-refractivity contribution is 5.84. The molecule has 0 saturated heterocycles. The van der Waals surface area contributed by atoms with E-state index in [1.165, 1.54) is 12.4 Å². The summed E-state index contributed by atoms with van der Waals surface area (Å²) < 4.78 is 21.0. The Morgan fingerprint density at radius 2 is 1.23 bits per heavy atom. The molecule has 0 atom stereocenters. The standard InChI is InChI=1S/C17H14N4O5/c22-17(20-18-7-11-1-3-13-15(5-11)25-9-23-13)21-19-8-12-2-4-14-16(6-12)26-10-24-14/h1-8H,9-10H2,(H2,20,21,22)/b18-7-,19-8?. The van der Waals surface area contributed by atoms with Crippen LogP contribution in [0, 0.1) is 0 Å². The molecular weight excluding hydrogens is 340 g/mol. The number of nitrogens with zero attached hydrogens (tertiary/aromatic N) is 2. The van der Waals surface area contributed by atoms with E-state index in [1.54, 1.807) is 36.4 Å². The van der Waals surface area contributed by atoms with Crippen molar-refractivity contribution < 1.29 is 23.7 Å². The summed E-state index contributed by atoms with van der Waals surface area (Å²) in [6.45, 7) is 0.413. The maximum Gasteiger partial charge on any atom is 0.355 e.